The van der Waals surface area contributed by atoms with Crippen LogP contribution < -0.4 is 16.0 Å². The molecule has 0 saturated carbocycles. The van der Waals surface area contributed by atoms with Crippen molar-refractivity contribution in [3.05, 3.63) is 85.8 Å². The zero-order valence-corrected chi connectivity index (χ0v) is 19.9. The number of thioether (sulfide) groups is 1. The van der Waals surface area contributed by atoms with Gasteiger partial charge in [0.1, 0.15) is 23.5 Å². The van der Waals surface area contributed by atoms with Crippen LogP contribution in [0.3, 0.4) is 0 Å². The molecule has 7 nitrogen and oxygen atoms in total. The second-order valence-electron chi connectivity index (χ2n) is 7.62. The number of halogens is 6. The highest BCUT2D eigenvalue weighted by atomic mass is 35.5. The first-order chi connectivity index (χ1) is 17.5. The Morgan fingerprint density at radius 2 is 1.78 bits per heavy atom. The van der Waals surface area contributed by atoms with Gasteiger partial charge in [0.2, 0.25) is 0 Å². The van der Waals surface area contributed by atoms with E-state index in [4.69, 9.17) is 16.3 Å². The van der Waals surface area contributed by atoms with Gasteiger partial charge in [-0.3, -0.25) is 14.8 Å². The van der Waals surface area contributed by atoms with E-state index in [0.29, 0.717) is 35.7 Å². The molecule has 0 spiro atoms. The molecule has 0 fully saturated rings. The molecule has 0 radical (unpaired) electrons. The summed E-state index contributed by atoms with van der Waals surface area (Å²) in [6.45, 7) is -0.560. The molecule has 2 heterocycles. The number of nitrogens with zero attached hydrogens (tertiary/aromatic N) is 1. The SMILES string of the molecule is O=c1[nH]c(=O)c2cc(C(F)(F)F)c(-c3cc(Cl)c(F)cc3F)c(SC[C@H](CO)Oc3ccncc3)c2[nH]1. The number of rotatable bonds is 7. The summed E-state index contributed by atoms with van der Waals surface area (Å²) >= 11 is 6.43. The van der Waals surface area contributed by atoms with Gasteiger partial charge in [0.25, 0.3) is 5.56 Å². The largest absolute Gasteiger partial charge is 0.487 e. The van der Waals surface area contributed by atoms with Crippen LogP contribution >= 0.6 is 23.4 Å². The van der Waals surface area contributed by atoms with Gasteiger partial charge in [-0.1, -0.05) is 11.6 Å². The van der Waals surface area contributed by atoms with Crippen molar-refractivity contribution in [2.75, 3.05) is 12.4 Å². The molecular formula is C23H15ClF5N3O4S. The van der Waals surface area contributed by atoms with Gasteiger partial charge < -0.3 is 14.8 Å². The summed E-state index contributed by atoms with van der Waals surface area (Å²) in [5.41, 5.74) is -5.35. The normalized spacial score (nSPS) is 12.6. The lowest BCUT2D eigenvalue weighted by Crippen LogP contribution is -2.25. The van der Waals surface area contributed by atoms with Crippen molar-refractivity contribution in [3.63, 3.8) is 0 Å². The number of aromatic amines is 2. The average molecular weight is 560 g/mol. The number of aromatic nitrogens is 3. The number of fused-ring (bicyclic) bond motifs is 1. The second kappa shape index (κ2) is 10.5. The van der Waals surface area contributed by atoms with Crippen LogP contribution in [-0.2, 0) is 6.18 Å². The number of alkyl halides is 3. The fourth-order valence-corrected chi connectivity index (χ4v) is 4.89. The average Bonchev–Trinajstić information content (AvgIpc) is 2.83. The van der Waals surface area contributed by atoms with Gasteiger partial charge in [0, 0.05) is 40.2 Å². The van der Waals surface area contributed by atoms with E-state index >= 15 is 0 Å². The molecule has 0 aliphatic rings. The summed E-state index contributed by atoms with van der Waals surface area (Å²) in [6, 6.07) is 4.48. The monoisotopic (exact) mass is 559 g/mol. The maximum absolute atomic E-state index is 14.9. The van der Waals surface area contributed by atoms with E-state index in [1.807, 2.05) is 4.98 Å². The molecule has 0 saturated heterocycles. The van der Waals surface area contributed by atoms with Crippen LogP contribution in [0.1, 0.15) is 5.56 Å². The van der Waals surface area contributed by atoms with Gasteiger partial charge in [-0.2, -0.15) is 13.2 Å². The van der Waals surface area contributed by atoms with Crippen LogP contribution in [-0.4, -0.2) is 38.5 Å². The zero-order chi connectivity index (χ0) is 26.9. The summed E-state index contributed by atoms with van der Waals surface area (Å²) in [6.07, 6.45) is -3.22. The predicted octanol–water partition coefficient (Wildman–Crippen LogP) is 4.76. The molecular weight excluding hydrogens is 545 g/mol. The number of aliphatic hydroxyl groups is 1. The Hall–Kier alpha value is -3.42. The maximum Gasteiger partial charge on any atom is 0.417 e. The highest BCUT2D eigenvalue weighted by molar-refractivity contribution is 7.99. The predicted molar refractivity (Wildman–Crippen MR) is 127 cm³/mol. The van der Waals surface area contributed by atoms with Crippen molar-refractivity contribution in [1.82, 2.24) is 15.0 Å². The molecule has 0 bridgehead atoms. The van der Waals surface area contributed by atoms with E-state index in [1.54, 1.807) is 0 Å². The lowest BCUT2D eigenvalue weighted by molar-refractivity contribution is -0.137. The first-order valence-corrected chi connectivity index (χ1v) is 11.7. The van der Waals surface area contributed by atoms with Crippen molar-refractivity contribution in [2.45, 2.75) is 17.2 Å². The zero-order valence-electron chi connectivity index (χ0n) is 18.3. The van der Waals surface area contributed by atoms with E-state index in [1.165, 1.54) is 24.5 Å². The Labute approximate surface area is 213 Å². The number of hydrogen-bond acceptors (Lipinski definition) is 6. The molecule has 3 N–H and O–H groups in total. The minimum atomic E-state index is -5.10. The number of nitrogens with one attached hydrogen (secondary N) is 2. The van der Waals surface area contributed by atoms with E-state index < -0.39 is 68.9 Å². The number of pyridine rings is 1. The number of hydrogen-bond donors (Lipinski definition) is 3. The summed E-state index contributed by atoms with van der Waals surface area (Å²) in [7, 11) is 0. The summed E-state index contributed by atoms with van der Waals surface area (Å²) in [4.78, 5) is 32.1. The molecule has 0 unspecified atom stereocenters. The van der Waals surface area contributed by atoms with Gasteiger partial charge in [-0.05, 0) is 24.3 Å². The van der Waals surface area contributed by atoms with Gasteiger partial charge in [0.05, 0.1) is 28.1 Å². The number of aliphatic hydroxyl groups excluding tert-OH is 1. The van der Waals surface area contributed by atoms with Crippen molar-refractivity contribution in [3.8, 4) is 16.9 Å². The van der Waals surface area contributed by atoms with Crippen LogP contribution in [0, 0.1) is 11.6 Å². The molecule has 2 aromatic heterocycles. The first kappa shape index (κ1) is 26.6. The Morgan fingerprint density at radius 3 is 2.43 bits per heavy atom. The van der Waals surface area contributed by atoms with Gasteiger partial charge >= 0.3 is 11.9 Å². The second-order valence-corrected chi connectivity index (χ2v) is 9.06. The molecule has 37 heavy (non-hydrogen) atoms. The van der Waals surface area contributed by atoms with Crippen LogP contribution in [0.2, 0.25) is 5.02 Å². The third-order valence-corrected chi connectivity index (χ3v) is 6.67. The van der Waals surface area contributed by atoms with E-state index in [2.05, 4.69) is 9.97 Å². The minimum Gasteiger partial charge on any atom is -0.487 e. The third-order valence-electron chi connectivity index (χ3n) is 5.15. The van der Waals surface area contributed by atoms with Crippen molar-refractivity contribution in [2.24, 2.45) is 0 Å². The Morgan fingerprint density at radius 1 is 1.08 bits per heavy atom. The van der Waals surface area contributed by atoms with Crippen LogP contribution in [0.4, 0.5) is 22.0 Å². The molecule has 1 atom stereocenters. The van der Waals surface area contributed by atoms with E-state index in [0.717, 1.165) is 0 Å². The summed E-state index contributed by atoms with van der Waals surface area (Å²) in [5.74, 6) is -2.44. The van der Waals surface area contributed by atoms with Crippen LogP contribution in [0.25, 0.3) is 22.0 Å². The van der Waals surface area contributed by atoms with Crippen molar-refractivity contribution in [1.29, 1.82) is 0 Å². The fourth-order valence-electron chi connectivity index (χ4n) is 3.54. The molecule has 0 aliphatic carbocycles. The molecule has 0 amide bonds. The van der Waals surface area contributed by atoms with Crippen molar-refractivity contribution < 1.29 is 31.8 Å². The smallest absolute Gasteiger partial charge is 0.417 e. The van der Waals surface area contributed by atoms with Gasteiger partial charge in [-0.25, -0.2) is 13.6 Å². The van der Waals surface area contributed by atoms with Crippen molar-refractivity contribution >= 4 is 34.3 Å². The van der Waals surface area contributed by atoms with Crippen LogP contribution in [0.5, 0.6) is 5.75 Å². The standard InChI is InChI=1S/C23H15ClF5N3O4S/c24-15-6-12(16(25)7-17(15)26)18-14(23(27,28)29)5-13-19(31-22(35)32-21(13)34)20(18)37-9-11(8-33)36-10-1-3-30-4-2-10/h1-7,11,33H,8-9H2,(H2,31,32,34,35)/t11-/m0/s1. The third kappa shape index (κ3) is 5.63. The topological polar surface area (TPSA) is 108 Å². The molecule has 0 aliphatic heterocycles. The summed E-state index contributed by atoms with van der Waals surface area (Å²) in [5, 5.41) is 8.61. The van der Waals surface area contributed by atoms with E-state index in [-0.39, 0.29) is 16.2 Å². The Balaban J connectivity index is 1.97. The Kier molecular flexibility index (Phi) is 7.57. The quantitative estimate of drug-likeness (QED) is 0.171. The molecule has 14 heteroatoms. The number of benzene rings is 2. The molecule has 194 valence electrons. The fraction of sp³-hybridized carbons (Fsp3) is 0.174. The van der Waals surface area contributed by atoms with E-state index in [9.17, 15) is 36.6 Å². The lowest BCUT2D eigenvalue weighted by atomic mass is 9.96. The lowest BCUT2D eigenvalue weighted by Gasteiger charge is -2.21. The highest BCUT2D eigenvalue weighted by Gasteiger charge is 2.37. The van der Waals surface area contributed by atoms with Crippen LogP contribution in [0.15, 0.2) is 57.2 Å². The molecule has 4 aromatic rings. The number of H-pyrrole nitrogens is 2. The molecule has 2 aromatic carbocycles. The molecule has 4 rings (SSSR count). The van der Waals surface area contributed by atoms with Gasteiger partial charge in [-0.15, -0.1) is 11.8 Å². The van der Waals surface area contributed by atoms with Gasteiger partial charge in [0.15, 0.2) is 0 Å². The minimum absolute atomic E-state index is 0.201. The maximum atomic E-state index is 14.9. The number of ether oxygens (including phenoxy) is 1. The highest BCUT2D eigenvalue weighted by Crippen LogP contribution is 2.46. The summed E-state index contributed by atoms with van der Waals surface area (Å²) < 4.78 is 77.0. The first-order valence-electron chi connectivity index (χ1n) is 10.3. The Bertz CT molecular complexity index is 1580.